The maximum atomic E-state index is 11.8. The van der Waals surface area contributed by atoms with E-state index in [1.165, 1.54) is 6.07 Å². The van der Waals surface area contributed by atoms with Gasteiger partial charge in [0.15, 0.2) is 0 Å². The number of carbonyl (C=O) groups is 2. The van der Waals surface area contributed by atoms with Crippen molar-refractivity contribution in [3.05, 3.63) is 28.8 Å². The molecular formula is C15H20O5. The van der Waals surface area contributed by atoms with E-state index in [1.54, 1.807) is 19.9 Å². The summed E-state index contributed by atoms with van der Waals surface area (Å²) < 4.78 is 10.4. The Balaban J connectivity index is 3.12. The Morgan fingerprint density at radius 2 is 1.95 bits per heavy atom. The third-order valence-electron chi connectivity index (χ3n) is 2.79. The average molecular weight is 280 g/mol. The van der Waals surface area contributed by atoms with Crippen molar-refractivity contribution >= 4 is 11.9 Å². The molecule has 1 aromatic rings. The lowest BCUT2D eigenvalue weighted by Gasteiger charge is -2.12. The van der Waals surface area contributed by atoms with Crippen molar-refractivity contribution in [1.29, 1.82) is 0 Å². The summed E-state index contributed by atoms with van der Waals surface area (Å²) in [5.74, 6) is -1.33. The summed E-state index contributed by atoms with van der Waals surface area (Å²) in [4.78, 5) is 23.1. The van der Waals surface area contributed by atoms with E-state index >= 15 is 0 Å². The van der Waals surface area contributed by atoms with Gasteiger partial charge in [0.25, 0.3) is 0 Å². The number of benzene rings is 1. The first-order chi connectivity index (χ1) is 9.51. The second kappa shape index (κ2) is 7.53. The third kappa shape index (κ3) is 3.98. The van der Waals surface area contributed by atoms with Gasteiger partial charge in [-0.05, 0) is 38.0 Å². The molecule has 5 nitrogen and oxygen atoms in total. The zero-order valence-corrected chi connectivity index (χ0v) is 12.1. The van der Waals surface area contributed by atoms with E-state index < -0.39 is 11.9 Å². The van der Waals surface area contributed by atoms with Gasteiger partial charge in [-0.1, -0.05) is 13.3 Å². The van der Waals surface area contributed by atoms with Gasteiger partial charge in [-0.15, -0.1) is 0 Å². The fourth-order valence-corrected chi connectivity index (χ4v) is 1.81. The Morgan fingerprint density at radius 1 is 1.25 bits per heavy atom. The number of unbranched alkanes of at least 4 members (excludes halogenated alkanes) is 1. The number of esters is 1. The van der Waals surface area contributed by atoms with Gasteiger partial charge < -0.3 is 14.6 Å². The number of aryl methyl sites for hydroxylation is 1. The smallest absolute Gasteiger partial charge is 0.339 e. The maximum Gasteiger partial charge on any atom is 0.339 e. The van der Waals surface area contributed by atoms with Crippen LogP contribution in [-0.4, -0.2) is 30.3 Å². The SMILES string of the molecule is CCCCOc1cc(C)c(C(=O)OCC)c(C(=O)O)c1. The van der Waals surface area contributed by atoms with Crippen LogP contribution >= 0.6 is 0 Å². The third-order valence-corrected chi connectivity index (χ3v) is 2.79. The molecule has 0 aliphatic rings. The van der Waals surface area contributed by atoms with Gasteiger partial charge >= 0.3 is 11.9 Å². The molecule has 1 rings (SSSR count). The molecule has 5 heteroatoms. The highest BCUT2D eigenvalue weighted by Gasteiger charge is 2.21. The van der Waals surface area contributed by atoms with Crippen molar-refractivity contribution in [2.75, 3.05) is 13.2 Å². The minimum Gasteiger partial charge on any atom is -0.494 e. The van der Waals surface area contributed by atoms with Gasteiger partial charge in [0, 0.05) is 0 Å². The van der Waals surface area contributed by atoms with Crippen molar-refractivity contribution in [3.63, 3.8) is 0 Å². The van der Waals surface area contributed by atoms with Crippen molar-refractivity contribution in [1.82, 2.24) is 0 Å². The molecule has 0 saturated carbocycles. The largest absolute Gasteiger partial charge is 0.494 e. The first kappa shape index (κ1) is 16.0. The van der Waals surface area contributed by atoms with Gasteiger partial charge in [-0.3, -0.25) is 0 Å². The molecule has 0 aromatic heterocycles. The van der Waals surface area contributed by atoms with Crippen LogP contribution in [0.15, 0.2) is 12.1 Å². The number of rotatable bonds is 7. The summed E-state index contributed by atoms with van der Waals surface area (Å²) in [6.45, 7) is 6.11. The minimum absolute atomic E-state index is 0.0854. The molecule has 0 bridgehead atoms. The van der Waals surface area contributed by atoms with E-state index in [2.05, 4.69) is 0 Å². The van der Waals surface area contributed by atoms with E-state index in [4.69, 9.17) is 9.47 Å². The highest BCUT2D eigenvalue weighted by atomic mass is 16.5. The molecule has 0 aliphatic carbocycles. The fourth-order valence-electron chi connectivity index (χ4n) is 1.81. The van der Waals surface area contributed by atoms with E-state index in [0.717, 1.165) is 12.8 Å². The molecule has 1 N–H and O–H groups in total. The lowest BCUT2D eigenvalue weighted by molar-refractivity contribution is 0.0513. The Bertz CT molecular complexity index is 493. The van der Waals surface area contributed by atoms with Crippen LogP contribution in [0.25, 0.3) is 0 Å². The second-order valence-corrected chi connectivity index (χ2v) is 4.39. The first-order valence-electron chi connectivity index (χ1n) is 6.69. The molecule has 0 heterocycles. The standard InChI is InChI=1S/C15H20O5/c1-4-6-7-20-11-8-10(3)13(15(18)19-5-2)12(9-11)14(16)17/h8-9H,4-7H2,1-3H3,(H,16,17). The molecule has 0 unspecified atom stereocenters. The van der Waals surface area contributed by atoms with Crippen molar-refractivity contribution in [2.45, 2.75) is 33.6 Å². The Hall–Kier alpha value is -2.04. The van der Waals surface area contributed by atoms with Gasteiger partial charge in [0.1, 0.15) is 5.75 Å². The van der Waals surface area contributed by atoms with Crippen LogP contribution in [0.1, 0.15) is 53.0 Å². The number of ether oxygens (including phenoxy) is 2. The van der Waals surface area contributed by atoms with Crippen LogP contribution in [0.2, 0.25) is 0 Å². The molecule has 0 fully saturated rings. The first-order valence-corrected chi connectivity index (χ1v) is 6.69. The lowest BCUT2D eigenvalue weighted by atomic mass is 10.0. The lowest BCUT2D eigenvalue weighted by Crippen LogP contribution is -2.14. The molecule has 0 radical (unpaired) electrons. The van der Waals surface area contributed by atoms with Crippen LogP contribution in [-0.2, 0) is 4.74 Å². The molecular weight excluding hydrogens is 260 g/mol. The van der Waals surface area contributed by atoms with Crippen molar-refractivity contribution < 1.29 is 24.2 Å². The number of carbonyl (C=O) groups excluding carboxylic acids is 1. The van der Waals surface area contributed by atoms with Crippen LogP contribution in [0.3, 0.4) is 0 Å². The van der Waals surface area contributed by atoms with Crippen LogP contribution in [0, 0.1) is 6.92 Å². The number of carboxylic acid groups (broad SMARTS) is 1. The molecule has 110 valence electrons. The summed E-state index contributed by atoms with van der Waals surface area (Å²) in [5, 5.41) is 9.24. The Kier molecular flexibility index (Phi) is 6.03. The number of hydrogen-bond donors (Lipinski definition) is 1. The van der Waals surface area contributed by atoms with E-state index in [-0.39, 0.29) is 17.7 Å². The Morgan fingerprint density at radius 3 is 2.50 bits per heavy atom. The zero-order valence-electron chi connectivity index (χ0n) is 12.1. The molecule has 20 heavy (non-hydrogen) atoms. The fraction of sp³-hybridized carbons (Fsp3) is 0.467. The average Bonchev–Trinajstić information content (AvgIpc) is 2.38. The quantitative estimate of drug-likeness (QED) is 0.614. The summed E-state index contributed by atoms with van der Waals surface area (Å²) in [7, 11) is 0. The topological polar surface area (TPSA) is 72.8 Å². The second-order valence-electron chi connectivity index (χ2n) is 4.39. The van der Waals surface area contributed by atoms with Crippen LogP contribution in [0.4, 0.5) is 0 Å². The predicted octanol–water partition coefficient (Wildman–Crippen LogP) is 3.05. The van der Waals surface area contributed by atoms with E-state index in [9.17, 15) is 14.7 Å². The number of hydrogen-bond acceptors (Lipinski definition) is 4. The molecule has 0 saturated heterocycles. The molecule has 0 spiro atoms. The zero-order chi connectivity index (χ0) is 15.1. The monoisotopic (exact) mass is 280 g/mol. The molecule has 0 atom stereocenters. The van der Waals surface area contributed by atoms with Crippen molar-refractivity contribution in [2.24, 2.45) is 0 Å². The van der Waals surface area contributed by atoms with Crippen molar-refractivity contribution in [3.8, 4) is 5.75 Å². The minimum atomic E-state index is -1.17. The van der Waals surface area contributed by atoms with Gasteiger partial charge in [0.2, 0.25) is 0 Å². The summed E-state index contributed by atoms with van der Waals surface area (Å²) in [5.41, 5.74) is 0.534. The molecule has 0 aliphatic heterocycles. The van der Waals surface area contributed by atoms with Crippen LogP contribution in [0.5, 0.6) is 5.75 Å². The van der Waals surface area contributed by atoms with Gasteiger partial charge in [-0.25, -0.2) is 9.59 Å². The predicted molar refractivity (Wildman–Crippen MR) is 74.5 cm³/mol. The normalized spacial score (nSPS) is 10.2. The van der Waals surface area contributed by atoms with Gasteiger partial charge in [-0.2, -0.15) is 0 Å². The molecule has 0 amide bonds. The number of carboxylic acids is 1. The number of aromatic carboxylic acids is 1. The summed E-state index contributed by atoms with van der Waals surface area (Å²) in [6, 6.07) is 3.03. The summed E-state index contributed by atoms with van der Waals surface area (Å²) in [6.07, 6.45) is 1.88. The van der Waals surface area contributed by atoms with Crippen LogP contribution < -0.4 is 4.74 Å². The highest BCUT2D eigenvalue weighted by molar-refractivity contribution is 6.03. The van der Waals surface area contributed by atoms with E-state index in [1.807, 2.05) is 6.92 Å². The molecule has 1 aromatic carbocycles. The summed E-state index contributed by atoms with van der Waals surface area (Å²) >= 11 is 0. The maximum absolute atomic E-state index is 11.8. The Labute approximate surface area is 118 Å². The highest BCUT2D eigenvalue weighted by Crippen LogP contribution is 2.23. The van der Waals surface area contributed by atoms with Gasteiger partial charge in [0.05, 0.1) is 24.3 Å². The van der Waals surface area contributed by atoms with E-state index in [0.29, 0.717) is 17.9 Å².